The van der Waals surface area contributed by atoms with Crippen LogP contribution in [-0.2, 0) is 9.59 Å². The van der Waals surface area contributed by atoms with Gasteiger partial charge >= 0.3 is 5.97 Å². The number of carboxylic acids is 1. The highest BCUT2D eigenvalue weighted by Crippen LogP contribution is 2.28. The van der Waals surface area contributed by atoms with Gasteiger partial charge < -0.3 is 25.5 Å². The van der Waals surface area contributed by atoms with Crippen LogP contribution < -0.4 is 0 Å². The molecule has 7 nitrogen and oxygen atoms in total. The van der Waals surface area contributed by atoms with Gasteiger partial charge in [0.25, 0.3) is 0 Å². The molecule has 0 spiro atoms. The molecule has 94 valence electrons. The van der Waals surface area contributed by atoms with Gasteiger partial charge in [-0.05, 0) is 20.8 Å². The highest BCUT2D eigenvalue weighted by Gasteiger charge is 2.53. The minimum Gasteiger partial charge on any atom is -0.479 e. The smallest absolute Gasteiger partial charge is 0.335 e. The Bertz CT molecular complexity index is 294. The first-order chi connectivity index (χ1) is 6.96. The number of ketones is 1. The van der Waals surface area contributed by atoms with Crippen molar-refractivity contribution in [3.05, 3.63) is 0 Å². The van der Waals surface area contributed by atoms with Gasteiger partial charge in [0, 0.05) is 0 Å². The zero-order chi connectivity index (χ0) is 13.3. The third-order valence-electron chi connectivity index (χ3n) is 2.80. The van der Waals surface area contributed by atoms with Crippen LogP contribution in [0.5, 0.6) is 0 Å². The van der Waals surface area contributed by atoms with Gasteiger partial charge in [0.2, 0.25) is 0 Å². The van der Waals surface area contributed by atoms with E-state index < -0.39 is 35.2 Å². The molecule has 0 radical (unpaired) electrons. The fourth-order valence-corrected chi connectivity index (χ4v) is 1.09. The van der Waals surface area contributed by atoms with Crippen LogP contribution in [0, 0.1) is 0 Å². The lowest BCUT2D eigenvalue weighted by atomic mass is 9.77. The number of Topliss-reactive ketones (excluding diaryl/α,β-unsaturated/α-hetero) is 1. The van der Waals surface area contributed by atoms with Crippen LogP contribution in [0.4, 0.5) is 0 Å². The normalized spacial score (nSPS) is 22.7. The van der Waals surface area contributed by atoms with E-state index in [4.69, 9.17) is 10.2 Å². The molecule has 0 aliphatic carbocycles. The Kier molecular flexibility index (Phi) is 4.18. The number of aliphatic hydroxyl groups is 4. The van der Waals surface area contributed by atoms with Crippen LogP contribution in [0.1, 0.15) is 20.8 Å². The fourth-order valence-electron chi connectivity index (χ4n) is 1.09. The second-order valence-corrected chi connectivity index (χ2v) is 4.00. The number of carbonyl (C=O) groups is 2. The fraction of sp³-hybridized carbons (Fsp3) is 0.778. The molecule has 0 saturated carbocycles. The van der Waals surface area contributed by atoms with E-state index in [9.17, 15) is 24.9 Å². The second kappa shape index (κ2) is 4.46. The van der Waals surface area contributed by atoms with Gasteiger partial charge in [0.05, 0.1) is 0 Å². The molecule has 0 aromatic carbocycles. The molecule has 0 rings (SSSR count). The van der Waals surface area contributed by atoms with Crippen LogP contribution in [-0.4, -0.2) is 60.7 Å². The number of aliphatic hydroxyl groups excluding tert-OH is 2. The Balaban J connectivity index is 5.20. The number of carboxylic acid groups (broad SMARTS) is 1. The van der Waals surface area contributed by atoms with Crippen LogP contribution in [0.25, 0.3) is 0 Å². The van der Waals surface area contributed by atoms with Crippen LogP contribution >= 0.6 is 0 Å². The van der Waals surface area contributed by atoms with Crippen LogP contribution in [0.3, 0.4) is 0 Å². The van der Waals surface area contributed by atoms with Crippen molar-refractivity contribution in [2.45, 2.75) is 44.2 Å². The molecular weight excluding hydrogens is 220 g/mol. The van der Waals surface area contributed by atoms with Gasteiger partial charge in [0.1, 0.15) is 11.7 Å². The summed E-state index contributed by atoms with van der Waals surface area (Å²) < 4.78 is 0. The summed E-state index contributed by atoms with van der Waals surface area (Å²) in [6, 6.07) is 0. The summed E-state index contributed by atoms with van der Waals surface area (Å²) in [7, 11) is 0. The number of hydrogen-bond acceptors (Lipinski definition) is 6. The van der Waals surface area contributed by atoms with E-state index in [1.807, 2.05) is 0 Å². The van der Waals surface area contributed by atoms with Gasteiger partial charge in [-0.15, -0.1) is 0 Å². The first-order valence-corrected chi connectivity index (χ1v) is 4.51. The number of rotatable bonds is 5. The van der Waals surface area contributed by atoms with E-state index in [1.54, 1.807) is 0 Å². The van der Waals surface area contributed by atoms with Crippen molar-refractivity contribution >= 4 is 11.8 Å². The summed E-state index contributed by atoms with van der Waals surface area (Å²) in [5.41, 5.74) is -4.86. The molecule has 0 aromatic heterocycles. The zero-order valence-electron chi connectivity index (χ0n) is 9.21. The minimum absolute atomic E-state index is 0.866. The predicted molar refractivity (Wildman–Crippen MR) is 51.6 cm³/mol. The molecule has 16 heavy (non-hydrogen) atoms. The summed E-state index contributed by atoms with van der Waals surface area (Å²) in [5.74, 6) is -2.64. The SMILES string of the molecule is CC(=O)[C@](C)(O)[C@@](C)(O)[C@H](O)[C@H](O)C(=O)O. The van der Waals surface area contributed by atoms with Crippen molar-refractivity contribution in [3.8, 4) is 0 Å². The van der Waals surface area contributed by atoms with Gasteiger partial charge in [-0.1, -0.05) is 0 Å². The molecule has 0 aliphatic heterocycles. The van der Waals surface area contributed by atoms with Gasteiger partial charge in [0.15, 0.2) is 17.5 Å². The number of carbonyl (C=O) groups excluding carboxylic acids is 1. The molecule has 0 heterocycles. The highest BCUT2D eigenvalue weighted by molar-refractivity contribution is 5.86. The molecular formula is C9H16O7. The van der Waals surface area contributed by atoms with Gasteiger partial charge in [-0.25, -0.2) is 4.79 Å². The summed E-state index contributed by atoms with van der Waals surface area (Å²) in [5, 5.41) is 46.3. The van der Waals surface area contributed by atoms with Gasteiger partial charge in [-0.3, -0.25) is 4.79 Å². The molecule has 0 fully saturated rings. The first-order valence-electron chi connectivity index (χ1n) is 4.51. The van der Waals surface area contributed by atoms with Gasteiger partial charge in [-0.2, -0.15) is 0 Å². The minimum atomic E-state index is -2.49. The molecule has 5 N–H and O–H groups in total. The molecule has 0 amide bonds. The molecule has 0 unspecified atom stereocenters. The van der Waals surface area contributed by atoms with Crippen molar-refractivity contribution in [2.75, 3.05) is 0 Å². The topological polar surface area (TPSA) is 135 Å². The summed E-state index contributed by atoms with van der Waals surface area (Å²) in [4.78, 5) is 21.5. The Hall–Kier alpha value is -1.02. The van der Waals surface area contributed by atoms with Crippen molar-refractivity contribution in [1.82, 2.24) is 0 Å². The summed E-state index contributed by atoms with van der Waals surface area (Å²) >= 11 is 0. The highest BCUT2D eigenvalue weighted by atomic mass is 16.4. The standard InChI is InChI=1S/C9H16O7/c1-4(10)8(2,15)9(3,16)6(12)5(11)7(13)14/h5-6,11-12,15-16H,1-3H3,(H,13,14)/t5-,6+,8-,9-/m0/s1. The maximum atomic E-state index is 11.1. The first kappa shape index (κ1) is 15.0. The average molecular weight is 236 g/mol. The van der Waals surface area contributed by atoms with E-state index in [1.165, 1.54) is 0 Å². The Morgan fingerprint density at radius 1 is 1.12 bits per heavy atom. The van der Waals surface area contributed by atoms with Crippen molar-refractivity contribution < 1.29 is 35.1 Å². The van der Waals surface area contributed by atoms with Crippen LogP contribution in [0.2, 0.25) is 0 Å². The van der Waals surface area contributed by atoms with E-state index in [2.05, 4.69) is 0 Å². The van der Waals surface area contributed by atoms with Crippen LogP contribution in [0.15, 0.2) is 0 Å². The van der Waals surface area contributed by atoms with E-state index in [-0.39, 0.29) is 0 Å². The third kappa shape index (κ3) is 2.38. The lowest BCUT2D eigenvalue weighted by Gasteiger charge is -2.40. The van der Waals surface area contributed by atoms with Crippen molar-refractivity contribution in [2.24, 2.45) is 0 Å². The lowest BCUT2D eigenvalue weighted by Crippen LogP contribution is -2.65. The lowest BCUT2D eigenvalue weighted by molar-refractivity contribution is -0.211. The number of hydrogen-bond donors (Lipinski definition) is 5. The van der Waals surface area contributed by atoms with E-state index in [0.29, 0.717) is 0 Å². The quantitative estimate of drug-likeness (QED) is 0.368. The van der Waals surface area contributed by atoms with Crippen molar-refractivity contribution in [3.63, 3.8) is 0 Å². The molecule has 4 atom stereocenters. The predicted octanol–water partition coefficient (Wildman–Crippen LogP) is -2.12. The molecule has 7 heteroatoms. The average Bonchev–Trinajstić information content (AvgIpc) is 2.14. The third-order valence-corrected chi connectivity index (χ3v) is 2.80. The monoisotopic (exact) mass is 236 g/mol. The number of aliphatic carboxylic acids is 1. The molecule has 0 bridgehead atoms. The Morgan fingerprint density at radius 3 is 1.75 bits per heavy atom. The molecule has 0 aliphatic rings. The summed E-state index contributed by atoms with van der Waals surface area (Å²) in [6.45, 7) is 2.76. The van der Waals surface area contributed by atoms with E-state index in [0.717, 1.165) is 20.8 Å². The van der Waals surface area contributed by atoms with Crippen molar-refractivity contribution in [1.29, 1.82) is 0 Å². The molecule has 0 saturated heterocycles. The maximum absolute atomic E-state index is 11.1. The molecule has 0 aromatic rings. The van der Waals surface area contributed by atoms with E-state index >= 15 is 0 Å². The maximum Gasteiger partial charge on any atom is 0.335 e. The summed E-state index contributed by atoms with van der Waals surface area (Å²) in [6.07, 6.45) is -4.51. The zero-order valence-corrected chi connectivity index (χ0v) is 9.21. The largest absolute Gasteiger partial charge is 0.479 e. The Labute approximate surface area is 92.0 Å². The second-order valence-electron chi connectivity index (χ2n) is 4.00. The Morgan fingerprint density at radius 2 is 1.50 bits per heavy atom.